The van der Waals surface area contributed by atoms with E-state index in [0.717, 1.165) is 41.2 Å². The summed E-state index contributed by atoms with van der Waals surface area (Å²) in [5.41, 5.74) is 5.38. The van der Waals surface area contributed by atoms with Gasteiger partial charge in [-0.05, 0) is 30.5 Å². The largest absolute Gasteiger partial charge is 0.280 e. The monoisotopic (exact) mass is 302 g/mol. The van der Waals surface area contributed by atoms with E-state index in [0.29, 0.717) is 5.88 Å². The van der Waals surface area contributed by atoms with Crippen LogP contribution in [-0.2, 0) is 25.8 Å². The number of alkyl halides is 1. The quantitative estimate of drug-likeness (QED) is 0.690. The van der Waals surface area contributed by atoms with Gasteiger partial charge in [0.1, 0.15) is 11.3 Å². The van der Waals surface area contributed by atoms with E-state index >= 15 is 0 Å². The van der Waals surface area contributed by atoms with Gasteiger partial charge in [-0.25, -0.2) is 9.67 Å². The van der Waals surface area contributed by atoms with Crippen LogP contribution in [0.4, 0.5) is 0 Å². The predicted molar refractivity (Wildman–Crippen MR) is 86.1 cm³/mol. The maximum Gasteiger partial charge on any atom is 0.163 e. The Morgan fingerprint density at radius 3 is 2.38 bits per heavy atom. The van der Waals surface area contributed by atoms with Crippen molar-refractivity contribution in [3.8, 4) is 5.69 Å². The maximum atomic E-state index is 6.10. The third kappa shape index (κ3) is 2.23. The zero-order valence-corrected chi connectivity index (χ0v) is 13.4. The standard InChI is InChI=1S/C16H19ClN4/c1-4-11-6-8-12(9-7-11)21-14(10-17)18-15-13(5-2)19-20(3)16(15)21/h6-9H,4-5,10H2,1-3H3. The van der Waals surface area contributed by atoms with Crippen molar-refractivity contribution in [2.45, 2.75) is 32.6 Å². The van der Waals surface area contributed by atoms with Crippen LogP contribution in [0.5, 0.6) is 0 Å². The molecule has 0 amide bonds. The number of aryl methyl sites for hydroxylation is 3. The summed E-state index contributed by atoms with van der Waals surface area (Å²) in [7, 11) is 1.96. The van der Waals surface area contributed by atoms with Crippen molar-refractivity contribution in [1.29, 1.82) is 0 Å². The van der Waals surface area contributed by atoms with E-state index in [9.17, 15) is 0 Å². The Bertz CT molecular complexity index is 768. The minimum atomic E-state index is 0.382. The number of hydrogen-bond acceptors (Lipinski definition) is 2. The lowest BCUT2D eigenvalue weighted by atomic mass is 10.1. The molecule has 4 nitrogen and oxygen atoms in total. The Balaban J connectivity index is 2.26. The molecule has 0 bridgehead atoms. The van der Waals surface area contributed by atoms with Crippen molar-refractivity contribution in [3.05, 3.63) is 41.3 Å². The molecule has 5 heteroatoms. The van der Waals surface area contributed by atoms with Crippen molar-refractivity contribution < 1.29 is 0 Å². The molecule has 21 heavy (non-hydrogen) atoms. The molecule has 0 unspecified atom stereocenters. The van der Waals surface area contributed by atoms with Gasteiger partial charge in [-0.15, -0.1) is 11.6 Å². The van der Waals surface area contributed by atoms with Gasteiger partial charge in [0.05, 0.1) is 11.6 Å². The smallest absolute Gasteiger partial charge is 0.163 e. The Kier molecular flexibility index (Phi) is 3.72. The second-order valence-corrected chi connectivity index (χ2v) is 5.38. The molecule has 2 aromatic heterocycles. The van der Waals surface area contributed by atoms with E-state index in [4.69, 9.17) is 11.6 Å². The van der Waals surface area contributed by atoms with Crippen LogP contribution in [0.25, 0.3) is 16.9 Å². The molecule has 3 aromatic rings. The van der Waals surface area contributed by atoms with Crippen molar-refractivity contribution in [1.82, 2.24) is 19.3 Å². The highest BCUT2D eigenvalue weighted by Gasteiger charge is 2.18. The zero-order valence-electron chi connectivity index (χ0n) is 12.6. The minimum absolute atomic E-state index is 0.382. The number of nitrogens with zero attached hydrogens (tertiary/aromatic N) is 4. The molecule has 0 aliphatic carbocycles. The lowest BCUT2D eigenvalue weighted by molar-refractivity contribution is 0.744. The summed E-state index contributed by atoms with van der Waals surface area (Å²) < 4.78 is 4.00. The van der Waals surface area contributed by atoms with Gasteiger partial charge in [0, 0.05) is 12.7 Å². The number of benzene rings is 1. The Labute approximate surface area is 129 Å². The first-order chi connectivity index (χ1) is 10.2. The summed E-state index contributed by atoms with van der Waals surface area (Å²) in [5.74, 6) is 1.24. The van der Waals surface area contributed by atoms with Crippen LogP contribution >= 0.6 is 11.6 Å². The summed E-state index contributed by atoms with van der Waals surface area (Å²) in [5, 5.41) is 4.55. The Morgan fingerprint density at radius 2 is 1.81 bits per heavy atom. The molecule has 0 atom stereocenters. The van der Waals surface area contributed by atoms with E-state index in [-0.39, 0.29) is 0 Å². The molecule has 0 N–H and O–H groups in total. The lowest BCUT2D eigenvalue weighted by Crippen LogP contribution is -2.04. The van der Waals surface area contributed by atoms with E-state index < -0.39 is 0 Å². The number of aromatic nitrogens is 4. The highest BCUT2D eigenvalue weighted by atomic mass is 35.5. The predicted octanol–water partition coefficient (Wildman–Crippen LogP) is 3.62. The summed E-state index contributed by atoms with van der Waals surface area (Å²) in [6.45, 7) is 4.25. The topological polar surface area (TPSA) is 35.6 Å². The first-order valence-corrected chi connectivity index (χ1v) is 7.81. The van der Waals surface area contributed by atoms with Crippen molar-refractivity contribution >= 4 is 22.8 Å². The second kappa shape index (κ2) is 5.53. The van der Waals surface area contributed by atoms with Crippen LogP contribution < -0.4 is 0 Å². The molecular weight excluding hydrogens is 284 g/mol. The van der Waals surface area contributed by atoms with Crippen LogP contribution in [0.15, 0.2) is 24.3 Å². The lowest BCUT2D eigenvalue weighted by Gasteiger charge is -2.09. The number of halogens is 1. The van der Waals surface area contributed by atoms with Crippen molar-refractivity contribution in [2.24, 2.45) is 7.05 Å². The van der Waals surface area contributed by atoms with Crippen LogP contribution in [0.3, 0.4) is 0 Å². The molecule has 0 radical (unpaired) electrons. The summed E-state index contributed by atoms with van der Waals surface area (Å²) in [6.07, 6.45) is 1.90. The third-order valence-corrected chi connectivity index (χ3v) is 4.07. The number of fused-ring (bicyclic) bond motifs is 1. The maximum absolute atomic E-state index is 6.10. The van der Waals surface area contributed by atoms with Crippen LogP contribution in [-0.4, -0.2) is 19.3 Å². The molecule has 0 saturated carbocycles. The molecule has 0 aliphatic heterocycles. The van der Waals surface area contributed by atoms with Gasteiger partial charge in [-0.2, -0.15) is 5.10 Å². The van der Waals surface area contributed by atoms with Gasteiger partial charge in [-0.3, -0.25) is 4.57 Å². The SMILES string of the molecule is CCc1ccc(-n2c(CCl)nc3c(CC)nn(C)c32)cc1. The van der Waals surface area contributed by atoms with Crippen LogP contribution in [0.2, 0.25) is 0 Å². The minimum Gasteiger partial charge on any atom is -0.280 e. The Hall–Kier alpha value is -1.81. The van der Waals surface area contributed by atoms with E-state index in [1.165, 1.54) is 5.56 Å². The molecule has 2 heterocycles. The second-order valence-electron chi connectivity index (χ2n) is 5.11. The molecule has 0 fully saturated rings. The van der Waals surface area contributed by atoms with Gasteiger partial charge < -0.3 is 0 Å². The molecule has 1 aromatic carbocycles. The normalized spacial score (nSPS) is 11.4. The molecular formula is C16H19ClN4. The summed E-state index contributed by atoms with van der Waals surface area (Å²) >= 11 is 6.10. The highest BCUT2D eigenvalue weighted by Crippen LogP contribution is 2.25. The summed E-state index contributed by atoms with van der Waals surface area (Å²) in [4.78, 5) is 4.69. The first-order valence-electron chi connectivity index (χ1n) is 7.28. The number of rotatable bonds is 4. The summed E-state index contributed by atoms with van der Waals surface area (Å²) in [6, 6.07) is 8.54. The van der Waals surface area contributed by atoms with Gasteiger partial charge >= 0.3 is 0 Å². The Morgan fingerprint density at radius 1 is 1.10 bits per heavy atom. The van der Waals surface area contributed by atoms with Gasteiger partial charge in [0.15, 0.2) is 5.65 Å². The molecule has 0 saturated heterocycles. The van der Waals surface area contributed by atoms with Crippen molar-refractivity contribution in [3.63, 3.8) is 0 Å². The molecule has 3 rings (SSSR count). The molecule has 0 spiro atoms. The fourth-order valence-corrected chi connectivity index (χ4v) is 2.88. The van der Waals surface area contributed by atoms with Gasteiger partial charge in [0.25, 0.3) is 0 Å². The van der Waals surface area contributed by atoms with Crippen molar-refractivity contribution in [2.75, 3.05) is 0 Å². The van der Waals surface area contributed by atoms with Gasteiger partial charge in [0.2, 0.25) is 0 Å². The van der Waals surface area contributed by atoms with E-state index in [1.807, 2.05) is 11.7 Å². The molecule has 0 aliphatic rings. The third-order valence-electron chi connectivity index (χ3n) is 3.83. The zero-order chi connectivity index (χ0) is 15.0. The molecule has 110 valence electrons. The highest BCUT2D eigenvalue weighted by molar-refractivity contribution is 6.17. The average molecular weight is 303 g/mol. The number of hydrogen-bond donors (Lipinski definition) is 0. The fraction of sp³-hybridized carbons (Fsp3) is 0.375. The van der Waals surface area contributed by atoms with E-state index in [2.05, 4.69) is 52.8 Å². The van der Waals surface area contributed by atoms with Gasteiger partial charge in [-0.1, -0.05) is 26.0 Å². The average Bonchev–Trinajstić information content (AvgIpc) is 3.05. The number of imidazole rings is 1. The van der Waals surface area contributed by atoms with Crippen LogP contribution in [0.1, 0.15) is 30.9 Å². The van der Waals surface area contributed by atoms with Crippen LogP contribution in [0, 0.1) is 0 Å². The fourth-order valence-electron chi connectivity index (χ4n) is 2.70. The first kappa shape index (κ1) is 14.1. The van der Waals surface area contributed by atoms with E-state index in [1.54, 1.807) is 0 Å².